The number of guanidine groups is 1. The molecule has 0 aliphatic carbocycles. The number of halogens is 3. The molecule has 0 bridgehead atoms. The van der Waals surface area contributed by atoms with E-state index in [1.807, 2.05) is 0 Å². The summed E-state index contributed by atoms with van der Waals surface area (Å²) >= 11 is 0. The summed E-state index contributed by atoms with van der Waals surface area (Å²) < 4.78 is 37.1. The minimum atomic E-state index is -4.92. The molecule has 1 amide bonds. The second kappa shape index (κ2) is 6.27. The first-order valence-electron chi connectivity index (χ1n) is 6.82. The average Bonchev–Trinajstić information content (AvgIpc) is 2.94. The second-order valence-corrected chi connectivity index (χ2v) is 5.10. The molecule has 2 rings (SSSR count). The van der Waals surface area contributed by atoms with Gasteiger partial charge in [-0.3, -0.25) is 9.59 Å². The van der Waals surface area contributed by atoms with E-state index in [2.05, 4.69) is 4.99 Å². The summed E-state index contributed by atoms with van der Waals surface area (Å²) in [7, 11) is 0. The highest BCUT2D eigenvalue weighted by molar-refractivity contribution is 6.00. The molecule has 9 heteroatoms. The fourth-order valence-electron chi connectivity index (χ4n) is 2.50. The number of aliphatic imine (C=N–C) groups is 1. The highest BCUT2D eigenvalue weighted by Crippen LogP contribution is 2.28. The van der Waals surface area contributed by atoms with Crippen molar-refractivity contribution in [2.24, 2.45) is 16.5 Å². The van der Waals surface area contributed by atoms with Crippen LogP contribution >= 0.6 is 0 Å². The van der Waals surface area contributed by atoms with E-state index in [-0.39, 0.29) is 5.96 Å². The molecule has 0 radical (unpaired) electrons. The molecule has 1 saturated heterocycles. The molecule has 1 aliphatic rings. The van der Waals surface area contributed by atoms with Crippen LogP contribution in [-0.2, 0) is 4.79 Å². The van der Waals surface area contributed by atoms with E-state index in [0.29, 0.717) is 18.7 Å². The fraction of sp³-hybridized carbons (Fsp3) is 0.357. The van der Waals surface area contributed by atoms with Gasteiger partial charge in [0.05, 0.1) is 0 Å². The van der Waals surface area contributed by atoms with Gasteiger partial charge in [0.25, 0.3) is 11.7 Å². The summed E-state index contributed by atoms with van der Waals surface area (Å²) in [5, 5.41) is 0. The number of alkyl halides is 3. The van der Waals surface area contributed by atoms with Gasteiger partial charge in [0.15, 0.2) is 5.96 Å². The van der Waals surface area contributed by atoms with Crippen LogP contribution in [0.15, 0.2) is 29.3 Å². The number of carbonyl (C=O) groups excluding carboxylic acids is 2. The Morgan fingerprint density at radius 1 is 1.17 bits per heavy atom. The number of Topliss-reactive ketones (excluding diaryl/α,β-unsaturated/α-hetero) is 1. The molecule has 6 nitrogen and oxygen atoms in total. The van der Waals surface area contributed by atoms with E-state index in [4.69, 9.17) is 11.5 Å². The molecule has 0 saturated carbocycles. The Bertz CT molecular complexity index is 636. The SMILES string of the molecule is NC(N)=NC(=O)[C@@H]1CCCN1c1ccc(C(=O)C(F)(F)F)cc1. The van der Waals surface area contributed by atoms with Gasteiger partial charge in [0.2, 0.25) is 0 Å². The van der Waals surface area contributed by atoms with Crippen molar-refractivity contribution in [3.8, 4) is 0 Å². The van der Waals surface area contributed by atoms with Crippen LogP contribution in [0.5, 0.6) is 0 Å². The van der Waals surface area contributed by atoms with E-state index in [9.17, 15) is 22.8 Å². The highest BCUT2D eigenvalue weighted by atomic mass is 19.4. The van der Waals surface area contributed by atoms with Crippen LogP contribution in [0.2, 0.25) is 0 Å². The number of hydrogen-bond acceptors (Lipinski definition) is 3. The highest BCUT2D eigenvalue weighted by Gasteiger charge is 2.39. The Morgan fingerprint density at radius 2 is 1.78 bits per heavy atom. The number of nitrogens with two attached hydrogens (primary N) is 2. The Hall–Kier alpha value is -2.58. The van der Waals surface area contributed by atoms with Crippen molar-refractivity contribution in [3.05, 3.63) is 29.8 Å². The van der Waals surface area contributed by atoms with Crippen LogP contribution in [0, 0.1) is 0 Å². The standard InChI is InChI=1S/C14H15F3N4O2/c15-14(16,17)11(22)8-3-5-9(6-4-8)21-7-1-2-10(21)12(23)20-13(18)19/h3-6,10H,1-2,7H2,(H4,18,19,20,23)/t10-/m0/s1. The van der Waals surface area contributed by atoms with E-state index < -0.39 is 29.5 Å². The molecular weight excluding hydrogens is 313 g/mol. The number of benzene rings is 1. The first-order valence-corrected chi connectivity index (χ1v) is 6.82. The third kappa shape index (κ3) is 3.79. The third-order valence-electron chi connectivity index (χ3n) is 3.50. The molecule has 4 N–H and O–H groups in total. The van der Waals surface area contributed by atoms with Gasteiger partial charge < -0.3 is 16.4 Å². The van der Waals surface area contributed by atoms with Gasteiger partial charge in [-0.05, 0) is 37.1 Å². The van der Waals surface area contributed by atoms with Crippen LogP contribution in [0.25, 0.3) is 0 Å². The number of rotatable bonds is 3. The molecule has 1 aromatic carbocycles. The fourth-order valence-corrected chi connectivity index (χ4v) is 2.50. The van der Waals surface area contributed by atoms with Gasteiger partial charge in [-0.15, -0.1) is 0 Å². The predicted octanol–water partition coefficient (Wildman–Crippen LogP) is 1.20. The number of anilines is 1. The third-order valence-corrected chi connectivity index (χ3v) is 3.50. The zero-order chi connectivity index (χ0) is 17.2. The van der Waals surface area contributed by atoms with Gasteiger partial charge in [-0.25, -0.2) is 0 Å². The monoisotopic (exact) mass is 328 g/mol. The summed E-state index contributed by atoms with van der Waals surface area (Å²) in [5.41, 5.74) is 10.4. The molecule has 1 atom stereocenters. The average molecular weight is 328 g/mol. The number of nitrogens with zero attached hydrogens (tertiary/aromatic N) is 2. The maximum absolute atomic E-state index is 12.4. The lowest BCUT2D eigenvalue weighted by Crippen LogP contribution is -2.37. The minimum absolute atomic E-state index is 0.340. The Balaban J connectivity index is 2.20. The van der Waals surface area contributed by atoms with Crippen molar-refractivity contribution in [1.29, 1.82) is 0 Å². The van der Waals surface area contributed by atoms with Gasteiger partial charge in [-0.2, -0.15) is 18.2 Å². The lowest BCUT2D eigenvalue weighted by Gasteiger charge is -2.24. The van der Waals surface area contributed by atoms with Crippen molar-refractivity contribution in [1.82, 2.24) is 0 Å². The summed E-state index contributed by atoms with van der Waals surface area (Å²) in [6, 6.07) is 4.36. The van der Waals surface area contributed by atoms with E-state index in [1.165, 1.54) is 12.1 Å². The van der Waals surface area contributed by atoms with Gasteiger partial charge in [0, 0.05) is 17.8 Å². The van der Waals surface area contributed by atoms with Gasteiger partial charge in [-0.1, -0.05) is 0 Å². The molecule has 0 aromatic heterocycles. The van der Waals surface area contributed by atoms with Crippen LogP contribution in [0.1, 0.15) is 23.2 Å². The number of amides is 1. The van der Waals surface area contributed by atoms with Gasteiger partial charge >= 0.3 is 6.18 Å². The quantitative estimate of drug-likeness (QED) is 0.493. The molecule has 23 heavy (non-hydrogen) atoms. The first kappa shape index (κ1) is 16.8. The number of ketones is 1. The van der Waals surface area contributed by atoms with E-state index in [1.54, 1.807) is 4.90 Å². The Morgan fingerprint density at radius 3 is 2.30 bits per heavy atom. The smallest absolute Gasteiger partial charge is 0.370 e. The van der Waals surface area contributed by atoms with Crippen LogP contribution in [0.3, 0.4) is 0 Å². The van der Waals surface area contributed by atoms with Crippen LogP contribution in [0.4, 0.5) is 18.9 Å². The number of carbonyl (C=O) groups is 2. The predicted molar refractivity (Wildman–Crippen MR) is 78.0 cm³/mol. The van der Waals surface area contributed by atoms with Crippen molar-refractivity contribution in [2.75, 3.05) is 11.4 Å². The maximum Gasteiger partial charge on any atom is 0.454 e. The topological polar surface area (TPSA) is 102 Å². The molecule has 0 spiro atoms. The van der Waals surface area contributed by atoms with Crippen molar-refractivity contribution >= 4 is 23.3 Å². The van der Waals surface area contributed by atoms with Crippen LogP contribution < -0.4 is 16.4 Å². The molecule has 1 aromatic rings. The Kier molecular flexibility index (Phi) is 4.57. The maximum atomic E-state index is 12.4. The normalized spacial score (nSPS) is 17.9. The van der Waals surface area contributed by atoms with Crippen molar-refractivity contribution in [2.45, 2.75) is 25.1 Å². The molecule has 124 valence electrons. The van der Waals surface area contributed by atoms with Crippen LogP contribution in [-0.4, -0.2) is 36.4 Å². The summed E-state index contributed by atoms with van der Waals surface area (Å²) in [6.45, 7) is 0.545. The zero-order valence-corrected chi connectivity index (χ0v) is 12.0. The second-order valence-electron chi connectivity index (χ2n) is 5.10. The number of hydrogen-bond donors (Lipinski definition) is 2. The van der Waals surface area contributed by atoms with E-state index in [0.717, 1.165) is 18.6 Å². The largest absolute Gasteiger partial charge is 0.454 e. The molecule has 1 heterocycles. The molecule has 0 unspecified atom stereocenters. The summed E-state index contributed by atoms with van der Waals surface area (Å²) in [4.78, 5) is 28.3. The summed E-state index contributed by atoms with van der Waals surface area (Å²) in [6.07, 6.45) is -3.65. The molecule has 1 fully saturated rings. The molecular formula is C14H15F3N4O2. The lowest BCUT2D eigenvalue weighted by molar-refractivity contribution is -0.118. The van der Waals surface area contributed by atoms with Gasteiger partial charge in [0.1, 0.15) is 6.04 Å². The van der Waals surface area contributed by atoms with Crippen molar-refractivity contribution < 1.29 is 22.8 Å². The van der Waals surface area contributed by atoms with E-state index >= 15 is 0 Å². The zero-order valence-electron chi connectivity index (χ0n) is 12.0. The minimum Gasteiger partial charge on any atom is -0.370 e. The summed E-state index contributed by atoms with van der Waals surface area (Å²) in [5.74, 6) is -2.75. The van der Waals surface area contributed by atoms with Crippen molar-refractivity contribution in [3.63, 3.8) is 0 Å². The Labute approximate surface area is 129 Å². The molecule has 1 aliphatic heterocycles. The lowest BCUT2D eigenvalue weighted by atomic mass is 10.1. The first-order chi connectivity index (χ1) is 10.7.